The summed E-state index contributed by atoms with van der Waals surface area (Å²) in [7, 11) is -9.91. The summed E-state index contributed by atoms with van der Waals surface area (Å²) in [4.78, 5) is 72.8. The van der Waals surface area contributed by atoms with Gasteiger partial charge in [0.15, 0.2) is 12.2 Å². The fourth-order valence-corrected chi connectivity index (χ4v) is 14.2. The van der Waals surface area contributed by atoms with Crippen molar-refractivity contribution >= 4 is 39.5 Å². The van der Waals surface area contributed by atoms with Gasteiger partial charge in [-0.15, -0.1) is 0 Å². The SMILES string of the molecule is CCCCCCCCCCCC(=O)OC[C@H](COP(=O)(O)OC[C@H](O)COP(=O)(O)OC[C@@H](COC(=O)CCCCCCCCCCCCCCCCCCCCC(C)C)OC(=O)CCCCCCCCCCCCCCCCCCCCC(C)CC)OC(=O)CCCCCCCCC(C)C. The number of carbonyl (C=O) groups is 4. The van der Waals surface area contributed by atoms with Crippen molar-refractivity contribution in [1.29, 1.82) is 0 Å². The van der Waals surface area contributed by atoms with Crippen LogP contribution >= 0.6 is 15.6 Å². The highest BCUT2D eigenvalue weighted by molar-refractivity contribution is 7.47. The molecule has 17 nitrogen and oxygen atoms in total. The summed E-state index contributed by atoms with van der Waals surface area (Å²) >= 11 is 0. The van der Waals surface area contributed by atoms with Crippen LogP contribution in [0.15, 0.2) is 0 Å². The molecule has 0 aromatic carbocycles. The van der Waals surface area contributed by atoms with Crippen molar-refractivity contribution < 1.29 is 80.2 Å². The number of rotatable bonds is 80. The quantitative estimate of drug-likeness (QED) is 0.0222. The van der Waals surface area contributed by atoms with Crippen molar-refractivity contribution in [3.05, 3.63) is 0 Å². The highest BCUT2D eigenvalue weighted by atomic mass is 31.2. The van der Waals surface area contributed by atoms with E-state index in [9.17, 15) is 43.2 Å². The van der Waals surface area contributed by atoms with Crippen LogP contribution in [0.5, 0.6) is 0 Å². The van der Waals surface area contributed by atoms with Crippen molar-refractivity contribution in [3.8, 4) is 0 Å². The number of ether oxygens (including phenoxy) is 4. The van der Waals surface area contributed by atoms with E-state index in [0.717, 1.165) is 102 Å². The molecule has 0 radical (unpaired) electrons. The third-order valence-corrected chi connectivity index (χ3v) is 21.4. The van der Waals surface area contributed by atoms with Crippen molar-refractivity contribution in [2.24, 2.45) is 17.8 Å². The second kappa shape index (κ2) is 72.3. The van der Waals surface area contributed by atoms with Gasteiger partial charge < -0.3 is 33.8 Å². The van der Waals surface area contributed by atoms with Gasteiger partial charge in [0.1, 0.15) is 19.3 Å². The number of esters is 4. The van der Waals surface area contributed by atoms with E-state index in [1.807, 2.05) is 0 Å². The monoisotopic (exact) mass is 1480 g/mol. The molecular weight excluding hydrogens is 1320 g/mol. The van der Waals surface area contributed by atoms with Crippen LogP contribution in [0.25, 0.3) is 0 Å². The number of unbranched alkanes of at least 4 members (excludes halogenated alkanes) is 47. The average molecular weight is 1480 g/mol. The fourth-order valence-electron chi connectivity index (χ4n) is 12.6. The molecule has 0 amide bonds. The number of phosphoric acid groups is 2. The predicted molar refractivity (Wildman–Crippen MR) is 414 cm³/mol. The Labute approximate surface area is 619 Å². The van der Waals surface area contributed by atoms with Gasteiger partial charge in [-0.2, -0.15) is 0 Å². The first-order valence-electron chi connectivity index (χ1n) is 42.4. The minimum Gasteiger partial charge on any atom is -0.462 e. The van der Waals surface area contributed by atoms with Crippen LogP contribution in [0.1, 0.15) is 427 Å². The Balaban J connectivity index is 5.15. The molecule has 3 N–H and O–H groups in total. The normalized spacial score (nSPS) is 14.2. The Morgan fingerprint density at radius 1 is 0.287 bits per heavy atom. The highest BCUT2D eigenvalue weighted by Crippen LogP contribution is 2.45. The summed E-state index contributed by atoms with van der Waals surface area (Å²) in [6.07, 6.45) is 61.5. The maximum Gasteiger partial charge on any atom is 0.472 e. The lowest BCUT2D eigenvalue weighted by Gasteiger charge is -2.21. The number of phosphoric ester groups is 2. The van der Waals surface area contributed by atoms with E-state index in [-0.39, 0.29) is 25.7 Å². The van der Waals surface area contributed by atoms with Crippen molar-refractivity contribution in [2.45, 2.75) is 446 Å². The van der Waals surface area contributed by atoms with E-state index in [2.05, 4.69) is 48.5 Å². The predicted octanol–water partition coefficient (Wildman–Crippen LogP) is 24.5. The molecule has 0 saturated carbocycles. The van der Waals surface area contributed by atoms with Gasteiger partial charge in [-0.3, -0.25) is 37.3 Å². The molecule has 0 aliphatic rings. The molecule has 0 aliphatic carbocycles. The minimum atomic E-state index is -4.96. The summed E-state index contributed by atoms with van der Waals surface area (Å²) in [5.41, 5.74) is 0. The summed E-state index contributed by atoms with van der Waals surface area (Å²) in [5, 5.41) is 10.6. The van der Waals surface area contributed by atoms with Gasteiger partial charge in [-0.05, 0) is 43.4 Å². The molecule has 101 heavy (non-hydrogen) atoms. The van der Waals surface area contributed by atoms with Crippen molar-refractivity contribution in [2.75, 3.05) is 39.6 Å². The van der Waals surface area contributed by atoms with Crippen molar-refractivity contribution in [1.82, 2.24) is 0 Å². The Hall–Kier alpha value is -1.94. The van der Waals surface area contributed by atoms with Crippen LogP contribution < -0.4 is 0 Å². The van der Waals surface area contributed by atoms with Crippen LogP contribution in [0.2, 0.25) is 0 Å². The molecule has 0 heterocycles. The van der Waals surface area contributed by atoms with Gasteiger partial charge in [0, 0.05) is 25.7 Å². The molecule has 0 fully saturated rings. The van der Waals surface area contributed by atoms with E-state index in [1.165, 1.54) is 238 Å². The van der Waals surface area contributed by atoms with Crippen molar-refractivity contribution in [3.63, 3.8) is 0 Å². The van der Waals surface area contributed by atoms with E-state index in [1.54, 1.807) is 0 Å². The van der Waals surface area contributed by atoms with Gasteiger partial charge in [0.05, 0.1) is 26.4 Å². The van der Waals surface area contributed by atoms with E-state index in [0.29, 0.717) is 31.6 Å². The Morgan fingerprint density at radius 3 is 0.752 bits per heavy atom. The van der Waals surface area contributed by atoms with E-state index >= 15 is 0 Å². The molecule has 0 aromatic heterocycles. The lowest BCUT2D eigenvalue weighted by molar-refractivity contribution is -0.161. The maximum absolute atomic E-state index is 13.1. The van der Waals surface area contributed by atoms with Gasteiger partial charge in [-0.1, -0.05) is 376 Å². The first kappa shape index (κ1) is 99.1. The van der Waals surface area contributed by atoms with Gasteiger partial charge >= 0.3 is 39.5 Å². The standard InChI is InChI=1S/C82H160O17P2/c1-8-10-11-12-13-34-41-49-56-63-79(84)92-70-78(99-82(87)66-59-52-45-44-47-54-61-74(5)6)72-97-101(90,91)95-68-76(83)67-94-100(88,89)96-71-77(69-93-80(85)64-57-50-42-37-32-28-24-20-16-14-18-22-26-30-35-39-46-53-60-73(3)4)98-81(86)65-58-51-43-38-33-29-25-21-17-15-19-23-27-31-36-40-48-55-62-75(7)9-2/h73-78,83H,8-72H2,1-7H3,(H,88,89)(H,90,91)/t75?,76-,77-,78-/m1/s1. The summed E-state index contributed by atoms with van der Waals surface area (Å²) in [6.45, 7) is 11.9. The van der Waals surface area contributed by atoms with Gasteiger partial charge in [-0.25, -0.2) is 9.13 Å². The minimum absolute atomic E-state index is 0.102. The molecule has 0 spiro atoms. The zero-order valence-electron chi connectivity index (χ0n) is 66.4. The number of hydrogen-bond donors (Lipinski definition) is 3. The zero-order valence-corrected chi connectivity index (χ0v) is 68.2. The molecule has 0 aliphatic heterocycles. The van der Waals surface area contributed by atoms with E-state index < -0.39 is 97.5 Å². The molecule has 19 heteroatoms. The summed E-state index contributed by atoms with van der Waals surface area (Å²) < 4.78 is 68.6. The first-order chi connectivity index (χ1) is 48.8. The Morgan fingerprint density at radius 2 is 0.505 bits per heavy atom. The average Bonchev–Trinajstić information content (AvgIpc) is 0.931. The van der Waals surface area contributed by atoms with Gasteiger partial charge in [0.2, 0.25) is 0 Å². The van der Waals surface area contributed by atoms with Crippen LogP contribution in [0, 0.1) is 17.8 Å². The Bertz CT molecular complexity index is 1960. The Kier molecular flexibility index (Phi) is 70.9. The van der Waals surface area contributed by atoms with Crippen LogP contribution in [-0.2, 0) is 65.4 Å². The first-order valence-corrected chi connectivity index (χ1v) is 45.4. The van der Waals surface area contributed by atoms with Crippen LogP contribution in [0.3, 0.4) is 0 Å². The third-order valence-electron chi connectivity index (χ3n) is 19.5. The summed E-state index contributed by atoms with van der Waals surface area (Å²) in [6, 6.07) is 0. The maximum atomic E-state index is 13.1. The number of aliphatic hydroxyl groups excluding tert-OH is 1. The molecule has 6 atom stereocenters. The highest BCUT2D eigenvalue weighted by Gasteiger charge is 2.30. The summed E-state index contributed by atoms with van der Waals surface area (Å²) in [5.74, 6) is 0.246. The number of carbonyl (C=O) groups excluding carboxylic acids is 4. The van der Waals surface area contributed by atoms with E-state index in [4.69, 9.17) is 37.0 Å². The second-order valence-corrected chi connectivity index (χ2v) is 33.6. The largest absolute Gasteiger partial charge is 0.472 e. The zero-order chi connectivity index (χ0) is 74.4. The van der Waals surface area contributed by atoms with Crippen LogP contribution in [0.4, 0.5) is 0 Å². The lowest BCUT2D eigenvalue weighted by Crippen LogP contribution is -2.30. The molecule has 3 unspecified atom stereocenters. The number of aliphatic hydroxyl groups is 1. The van der Waals surface area contributed by atoms with Gasteiger partial charge in [0.25, 0.3) is 0 Å². The molecule has 0 rings (SSSR count). The molecule has 0 aromatic rings. The smallest absolute Gasteiger partial charge is 0.462 e. The molecule has 0 saturated heterocycles. The molecule has 600 valence electrons. The number of hydrogen-bond acceptors (Lipinski definition) is 15. The van der Waals surface area contributed by atoms with Crippen LogP contribution in [-0.4, -0.2) is 96.7 Å². The third kappa shape index (κ3) is 74.7. The second-order valence-electron chi connectivity index (χ2n) is 30.7. The molecule has 0 bridgehead atoms. The lowest BCUT2D eigenvalue weighted by atomic mass is 9.99. The topological polar surface area (TPSA) is 237 Å². The molecular formula is C82H160O17P2. The fraction of sp³-hybridized carbons (Fsp3) is 0.951.